The molecule has 53 heteroatoms. The van der Waals surface area contributed by atoms with Gasteiger partial charge in [0.1, 0.15) is 53.3 Å². The normalized spacial score (nSPS) is 15.0. The van der Waals surface area contributed by atoms with Crippen LogP contribution >= 0.6 is 32.9 Å². The van der Waals surface area contributed by atoms with Crippen molar-refractivity contribution in [2.75, 3.05) is 88.3 Å². The lowest BCUT2D eigenvalue weighted by Crippen LogP contribution is -2.59. The van der Waals surface area contributed by atoms with Crippen molar-refractivity contribution in [2.24, 2.45) is 28.0 Å². The van der Waals surface area contributed by atoms with E-state index in [0.717, 1.165) is 92.0 Å². The smallest absolute Gasteiger partial charge is 0.426 e. The number of esters is 2. The van der Waals surface area contributed by atoms with Crippen LogP contribution in [0.25, 0.3) is 0 Å². The van der Waals surface area contributed by atoms with Crippen LogP contribution in [0.3, 0.4) is 0 Å². The SMILES string of the molecule is CCCC(=O)OCN(C(=O)[C@@H](NC(=O)[C@H]1CCCCN1C)C(C)CC)C(C[C@@H](OC(C)=O)c1nc(C(=O)N[C@@H](Cc2ccc(O)cc2)C[C@H](C)C(=O)NNC(=O)OCCSSC[C@H](NC(=O)[C@H](CC(=O)O)NC(=O)[C@H](CC(=O)O)NC(=O)C(CC(=O)O)NC(=O)CN(CCN(CC(=O)O)CC(=O)Nc2ccc(S(N)(=O)=O)cc2)CC(=O)Nc2ccc(S(N)(=O)=O)cc2)C(=O)O)cs1)C(C)C. The Morgan fingerprint density at radius 3 is 1.61 bits per heavy atom. The van der Waals surface area contributed by atoms with Gasteiger partial charge in [0.25, 0.3) is 5.91 Å². The van der Waals surface area contributed by atoms with E-state index in [9.17, 15) is 129 Å². The molecule has 3 unspecified atom stereocenters. The Balaban J connectivity index is 1.20. The highest BCUT2D eigenvalue weighted by Crippen LogP contribution is 2.33. The number of phenols is 1. The first kappa shape index (κ1) is 113. The van der Waals surface area contributed by atoms with Crippen molar-refractivity contribution in [1.82, 2.24) is 67.3 Å². The van der Waals surface area contributed by atoms with E-state index in [1.165, 1.54) is 48.4 Å². The molecule has 1 saturated heterocycles. The minimum Gasteiger partial charge on any atom is -0.508 e. The largest absolute Gasteiger partial charge is 0.508 e. The first-order valence-electron chi connectivity index (χ1n) is 42.2. The predicted molar refractivity (Wildman–Crippen MR) is 484 cm³/mol. The predicted octanol–water partition coefficient (Wildman–Crippen LogP) is 0.227. The number of carboxylic acids is 5. The van der Waals surface area contributed by atoms with Crippen molar-refractivity contribution < 1.29 is 148 Å². The topological polar surface area (TPSA) is 723 Å². The first-order chi connectivity index (χ1) is 63.4. The molecule has 1 fully saturated rings. The number of likely N-dealkylation sites (tertiary alicyclic amines) is 1. The summed E-state index contributed by atoms with van der Waals surface area (Å²) in [6, 6.07) is 3.02. The number of hydrogen-bond acceptors (Lipinski definition) is 33. The second kappa shape index (κ2) is 55.6. The molecule has 1 aliphatic rings. The number of likely N-dealkylation sites (N-methyl/N-ethyl adjacent to an activating group) is 1. The van der Waals surface area contributed by atoms with Gasteiger partial charge < -0.3 is 92.3 Å². The fourth-order valence-electron chi connectivity index (χ4n) is 13.4. The van der Waals surface area contributed by atoms with Gasteiger partial charge in [0.05, 0.1) is 61.3 Å². The molecule has 4 aromatic rings. The number of nitrogens with one attached hydrogen (secondary N) is 10. The lowest BCUT2D eigenvalue weighted by molar-refractivity contribution is -0.161. The zero-order chi connectivity index (χ0) is 101. The number of carboxylic acid groups (broad SMARTS) is 5. The van der Waals surface area contributed by atoms with Gasteiger partial charge in [-0.05, 0) is 124 Å². The number of phenolic OH excluding ortho intramolecular Hbond substituents is 1. The number of carbonyl (C=O) groups is 18. The second-order valence-corrected chi connectivity index (χ2v) is 38.4. The molecule has 2 heterocycles. The summed E-state index contributed by atoms with van der Waals surface area (Å²) in [5.41, 5.74) is 4.85. The summed E-state index contributed by atoms with van der Waals surface area (Å²) in [6.45, 7) is 7.35. The van der Waals surface area contributed by atoms with Gasteiger partial charge in [-0.15, -0.1) is 11.3 Å². The van der Waals surface area contributed by atoms with E-state index in [2.05, 4.69) is 42.4 Å². The Hall–Kier alpha value is -12.3. The van der Waals surface area contributed by atoms with Crippen molar-refractivity contribution in [3.05, 3.63) is 94.4 Å². The first-order valence-corrected chi connectivity index (χ1v) is 48.7. The Kier molecular flexibility index (Phi) is 46.6. The Morgan fingerprint density at radius 1 is 0.607 bits per heavy atom. The number of carbonyl (C=O) groups excluding carboxylic acids is 13. The number of aliphatic carboxylic acids is 5. The van der Waals surface area contributed by atoms with Crippen molar-refractivity contribution in [2.45, 2.75) is 190 Å². The number of aromatic hydroxyl groups is 1. The van der Waals surface area contributed by atoms with Crippen LogP contribution in [0, 0.1) is 17.8 Å². The minimum atomic E-state index is -4.19. The molecule has 5 rings (SSSR count). The van der Waals surface area contributed by atoms with Gasteiger partial charge in [-0.3, -0.25) is 96.8 Å². The molecule has 48 nitrogen and oxygen atoms in total. The molecule has 135 heavy (non-hydrogen) atoms. The number of thiazole rings is 1. The molecule has 1 aliphatic heterocycles. The van der Waals surface area contributed by atoms with Gasteiger partial charge in [-0.25, -0.2) is 47.1 Å². The lowest BCUT2D eigenvalue weighted by Gasteiger charge is -2.39. The zero-order valence-electron chi connectivity index (χ0n) is 75.0. The molecular weight excluding hydrogens is 1880 g/mol. The van der Waals surface area contributed by atoms with Crippen LogP contribution in [0.15, 0.2) is 88.0 Å². The monoisotopic (exact) mass is 1990 g/mol. The molecule has 11 amide bonds. The van der Waals surface area contributed by atoms with Gasteiger partial charge >= 0.3 is 47.9 Å². The molecule has 744 valence electrons. The number of anilines is 2. The van der Waals surface area contributed by atoms with E-state index in [1.807, 2.05) is 55.6 Å². The third-order valence-electron chi connectivity index (χ3n) is 20.6. The minimum absolute atomic E-state index is 0.0145. The van der Waals surface area contributed by atoms with E-state index >= 15 is 4.79 Å². The number of hydrazine groups is 1. The summed E-state index contributed by atoms with van der Waals surface area (Å²) in [5.74, 6) is -22.4. The number of ether oxygens (including phenoxy) is 3. The highest BCUT2D eigenvalue weighted by molar-refractivity contribution is 8.76. The maximum absolute atomic E-state index is 15.1. The maximum atomic E-state index is 15.1. The molecule has 0 aliphatic carbocycles. The number of amides is 11. The second-order valence-electron chi connectivity index (χ2n) is 31.8. The number of hydrogen-bond donors (Lipinski definition) is 18. The summed E-state index contributed by atoms with van der Waals surface area (Å²) >= 11 is 0.978. The van der Waals surface area contributed by atoms with Crippen molar-refractivity contribution in [3.63, 3.8) is 0 Å². The number of benzene rings is 3. The summed E-state index contributed by atoms with van der Waals surface area (Å²) < 4.78 is 63.9. The average Bonchev–Trinajstić information content (AvgIpc) is 1.80. The third-order valence-corrected chi connectivity index (χ3v) is 25.7. The van der Waals surface area contributed by atoms with Gasteiger partial charge in [0.2, 0.25) is 73.2 Å². The van der Waals surface area contributed by atoms with Gasteiger partial charge in [0, 0.05) is 79.1 Å². The summed E-state index contributed by atoms with van der Waals surface area (Å²) in [4.78, 5) is 248. The molecule has 0 radical (unpaired) electrons. The average molecular weight is 2000 g/mol. The van der Waals surface area contributed by atoms with Gasteiger partial charge in [-0.2, -0.15) is 0 Å². The third kappa shape index (κ3) is 40.8. The summed E-state index contributed by atoms with van der Waals surface area (Å²) in [7, 11) is -4.81. The van der Waals surface area contributed by atoms with E-state index in [4.69, 9.17) is 24.5 Å². The van der Waals surface area contributed by atoms with Crippen LogP contribution in [0.4, 0.5) is 16.2 Å². The standard InChI is InChI=1S/C82H115N17O31S5/c1-9-13-71(113)129-44-99(80(120)72(46(5)10-2)93-78(119)61-14-11-12-27-96(61)8)62(45(3)4)37-63(130-48(7)100)79-92-59(42-131-79)77(118)87-52(33-49-15-21-53(101)22-16-49)32-47(6)73(114)94-95-82(123)128-30-31-132-133-43-60(81(121)122)91-76(117)58(36-69(109)110)90-75(116)57(35-68(107)108)89-74(115)56(34-67(105)106)88-66(104)40-97(38-64(102)85-50-17-23-54(24-18-50)134(83,124)125)28-29-98(41-70(111)112)39-65(103)86-51-19-25-55(26-20-51)135(84,126)127/h15-26,42,45-47,52,56-58,60-63,72,101H,9-14,27-41,43-44H2,1-8H3,(H,85,102)(H,86,103)(H,87,118)(H,88,104)(H,89,115)(H,90,116)(H,91,117)(H,93,119)(H,94,114)(H,95,123)(H,105,106)(H,107,108)(H,109,110)(H,111,112)(H,121,122)(H2,83,124,125)(H2,84,126,127)/t46?,47-,52+,56?,57-,58-,60-,61+,62?,63+,72-/m0/s1. The Bertz CT molecular complexity index is 5060. The molecule has 0 bridgehead atoms. The van der Waals surface area contributed by atoms with Crippen molar-refractivity contribution in [3.8, 4) is 5.75 Å². The number of piperidine rings is 1. The Labute approximate surface area is 788 Å². The molecule has 3 aromatic carbocycles. The van der Waals surface area contributed by atoms with Crippen LogP contribution in [-0.4, -0.2) is 305 Å². The highest BCUT2D eigenvalue weighted by Gasteiger charge is 2.41. The van der Waals surface area contributed by atoms with Gasteiger partial charge in [0.15, 0.2) is 12.8 Å². The van der Waals surface area contributed by atoms with Crippen LogP contribution in [0.2, 0.25) is 0 Å². The zero-order valence-corrected chi connectivity index (χ0v) is 79.1. The molecule has 20 N–H and O–H groups in total. The van der Waals surface area contributed by atoms with Crippen LogP contribution in [0.1, 0.15) is 146 Å². The molecular formula is C82H115N17O31S5. The summed E-state index contributed by atoms with van der Waals surface area (Å²) in [5, 5.41) is 90.0. The number of nitrogens with two attached hydrogens (primary N) is 2. The molecule has 1 aromatic heterocycles. The lowest BCUT2D eigenvalue weighted by atomic mass is 9.92. The summed E-state index contributed by atoms with van der Waals surface area (Å²) in [6.07, 6.45) is -3.10. The molecule has 11 atom stereocenters. The number of primary sulfonamides is 2. The van der Waals surface area contributed by atoms with Crippen LogP contribution in [-0.2, 0) is 117 Å². The van der Waals surface area contributed by atoms with Crippen molar-refractivity contribution in [1.29, 1.82) is 0 Å². The van der Waals surface area contributed by atoms with Crippen LogP contribution < -0.4 is 63.7 Å². The number of nitrogens with zero attached hydrogens (tertiary/aromatic N) is 5. The highest BCUT2D eigenvalue weighted by atomic mass is 33.1. The number of sulfonamides is 2. The number of aromatic nitrogens is 1. The Morgan fingerprint density at radius 2 is 1.13 bits per heavy atom. The molecule has 0 spiro atoms. The molecule has 0 saturated carbocycles. The van der Waals surface area contributed by atoms with E-state index in [-0.39, 0.29) is 80.9 Å². The van der Waals surface area contributed by atoms with Crippen LogP contribution in [0.5, 0.6) is 5.75 Å². The fourth-order valence-corrected chi connectivity index (χ4v) is 17.3. The van der Waals surface area contributed by atoms with E-state index < -0.39 is 265 Å². The fraction of sp³-hybridized carbons (Fsp3) is 0.524. The van der Waals surface area contributed by atoms with E-state index in [0.29, 0.717) is 31.4 Å². The van der Waals surface area contributed by atoms with Gasteiger partial charge in [-0.1, -0.05) is 88.1 Å². The number of rotatable bonds is 57. The van der Waals surface area contributed by atoms with Crippen molar-refractivity contribution >= 4 is 171 Å². The van der Waals surface area contributed by atoms with E-state index in [1.54, 1.807) is 19.1 Å². The quantitative estimate of drug-likeness (QED) is 0.00702. The maximum Gasteiger partial charge on any atom is 0.426 e.